The van der Waals surface area contributed by atoms with Gasteiger partial charge in [-0.1, -0.05) is 19.1 Å². The van der Waals surface area contributed by atoms with Crippen LogP contribution in [-0.4, -0.2) is 23.1 Å². The first-order valence-electron chi connectivity index (χ1n) is 7.91. The van der Waals surface area contributed by atoms with Gasteiger partial charge in [0.25, 0.3) is 0 Å². The lowest BCUT2D eigenvalue weighted by molar-refractivity contribution is -0.141. The van der Waals surface area contributed by atoms with Crippen LogP contribution in [0, 0.1) is 0 Å². The van der Waals surface area contributed by atoms with Gasteiger partial charge in [-0.25, -0.2) is 4.98 Å². The first kappa shape index (κ1) is 18.8. The molecule has 2 rings (SSSR count). The smallest absolute Gasteiger partial charge is 0.433 e. The Hall–Kier alpha value is -2.51. The molecule has 0 spiro atoms. The summed E-state index contributed by atoms with van der Waals surface area (Å²) in [6.07, 6.45) is -3.80. The van der Waals surface area contributed by atoms with E-state index < -0.39 is 11.9 Å². The molecule has 0 bridgehead atoms. The van der Waals surface area contributed by atoms with Crippen molar-refractivity contribution in [1.29, 1.82) is 0 Å². The van der Waals surface area contributed by atoms with Gasteiger partial charge in [0, 0.05) is 18.7 Å². The average molecular weight is 354 g/mol. The number of rotatable bonds is 7. The molecule has 2 N–H and O–H groups in total. The Kier molecular flexibility index (Phi) is 6.06. The molecule has 0 aliphatic carbocycles. The van der Waals surface area contributed by atoms with E-state index in [0.717, 1.165) is 18.1 Å². The van der Waals surface area contributed by atoms with Crippen LogP contribution < -0.4 is 15.4 Å². The van der Waals surface area contributed by atoms with Crippen LogP contribution in [0.4, 0.5) is 24.9 Å². The van der Waals surface area contributed by atoms with Crippen LogP contribution in [0.1, 0.15) is 31.5 Å². The van der Waals surface area contributed by atoms with Gasteiger partial charge >= 0.3 is 6.18 Å². The van der Waals surface area contributed by atoms with Crippen LogP contribution in [0.3, 0.4) is 0 Å². The number of halogens is 3. The lowest BCUT2D eigenvalue weighted by atomic mass is 10.2. The highest BCUT2D eigenvalue weighted by atomic mass is 19.4. The number of nitrogens with one attached hydrogen (secondary N) is 2. The predicted molar refractivity (Wildman–Crippen MR) is 90.7 cm³/mol. The van der Waals surface area contributed by atoms with Crippen LogP contribution in [-0.2, 0) is 12.7 Å². The molecule has 136 valence electrons. The molecule has 0 saturated carbocycles. The molecule has 8 heteroatoms. The molecule has 25 heavy (non-hydrogen) atoms. The van der Waals surface area contributed by atoms with E-state index in [0.29, 0.717) is 12.3 Å². The van der Waals surface area contributed by atoms with Gasteiger partial charge in [0.2, 0.25) is 5.95 Å². The Morgan fingerprint density at radius 1 is 1.20 bits per heavy atom. The zero-order chi connectivity index (χ0) is 18.4. The van der Waals surface area contributed by atoms with Crippen LogP contribution in [0.25, 0.3) is 0 Å². The summed E-state index contributed by atoms with van der Waals surface area (Å²) in [5.41, 5.74) is -0.121. The summed E-state index contributed by atoms with van der Waals surface area (Å²) >= 11 is 0. The Labute approximate surface area is 144 Å². The quantitative estimate of drug-likeness (QED) is 0.775. The topological polar surface area (TPSA) is 59.1 Å². The van der Waals surface area contributed by atoms with Crippen molar-refractivity contribution in [2.75, 3.05) is 17.7 Å². The minimum atomic E-state index is -4.54. The second-order valence-corrected chi connectivity index (χ2v) is 5.62. The standard InChI is InChI=1S/C17H21F3N4O/c1-4-11(2)22-16-23-14(17(18,19)20)9-15(24-16)21-10-12-6-5-7-13(8-12)25-3/h5-9,11H,4,10H2,1-3H3,(H2,21,22,23,24)/t11-/m1/s1. The van der Waals surface area contributed by atoms with E-state index in [2.05, 4.69) is 20.6 Å². The second-order valence-electron chi connectivity index (χ2n) is 5.62. The number of ether oxygens (including phenoxy) is 1. The molecule has 0 amide bonds. The van der Waals surface area contributed by atoms with Crippen LogP contribution in [0.2, 0.25) is 0 Å². The average Bonchev–Trinajstić information content (AvgIpc) is 2.59. The first-order valence-corrected chi connectivity index (χ1v) is 7.91. The number of alkyl halides is 3. The maximum Gasteiger partial charge on any atom is 0.433 e. The Bertz CT molecular complexity index is 707. The van der Waals surface area contributed by atoms with E-state index in [-0.39, 0.29) is 17.8 Å². The van der Waals surface area contributed by atoms with Crippen LogP contribution >= 0.6 is 0 Å². The summed E-state index contributed by atoms with van der Waals surface area (Å²) in [5.74, 6) is 0.741. The molecule has 1 atom stereocenters. The van der Waals surface area contributed by atoms with Gasteiger partial charge in [-0.15, -0.1) is 0 Å². The van der Waals surface area contributed by atoms with Crippen molar-refractivity contribution in [2.45, 2.75) is 39.0 Å². The molecule has 0 aliphatic rings. The van der Waals surface area contributed by atoms with E-state index in [4.69, 9.17) is 4.74 Å². The minimum Gasteiger partial charge on any atom is -0.497 e. The molecule has 1 aromatic carbocycles. The molecular formula is C17H21F3N4O. The molecule has 0 fully saturated rings. The molecule has 0 unspecified atom stereocenters. The molecule has 1 heterocycles. The molecular weight excluding hydrogens is 333 g/mol. The Morgan fingerprint density at radius 2 is 1.96 bits per heavy atom. The summed E-state index contributed by atoms with van der Waals surface area (Å²) in [6, 6.07) is 8.13. The van der Waals surface area contributed by atoms with Gasteiger partial charge < -0.3 is 15.4 Å². The zero-order valence-corrected chi connectivity index (χ0v) is 14.3. The van der Waals surface area contributed by atoms with E-state index >= 15 is 0 Å². The summed E-state index contributed by atoms with van der Waals surface area (Å²) in [6.45, 7) is 4.09. The number of benzene rings is 1. The van der Waals surface area contributed by atoms with Crippen molar-refractivity contribution in [3.05, 3.63) is 41.6 Å². The van der Waals surface area contributed by atoms with Crippen LogP contribution in [0.5, 0.6) is 5.75 Å². The third kappa shape index (κ3) is 5.51. The number of hydrogen-bond donors (Lipinski definition) is 2. The first-order chi connectivity index (χ1) is 11.8. The Morgan fingerprint density at radius 3 is 2.60 bits per heavy atom. The maximum atomic E-state index is 13.1. The fraction of sp³-hybridized carbons (Fsp3) is 0.412. The van der Waals surface area contributed by atoms with Gasteiger partial charge in [-0.05, 0) is 31.0 Å². The monoisotopic (exact) mass is 354 g/mol. The molecule has 0 aliphatic heterocycles. The Balaban J connectivity index is 2.21. The molecule has 0 saturated heterocycles. The van der Waals surface area contributed by atoms with E-state index in [1.165, 1.54) is 0 Å². The van der Waals surface area contributed by atoms with Gasteiger partial charge in [0.1, 0.15) is 11.6 Å². The number of methoxy groups -OCH3 is 1. The minimum absolute atomic E-state index is 0.0327. The number of hydrogen-bond acceptors (Lipinski definition) is 5. The molecule has 5 nitrogen and oxygen atoms in total. The van der Waals surface area contributed by atoms with Crippen molar-refractivity contribution in [3.8, 4) is 5.75 Å². The van der Waals surface area contributed by atoms with Gasteiger partial charge in [0.15, 0.2) is 5.69 Å². The summed E-state index contributed by atoms with van der Waals surface area (Å²) < 4.78 is 44.3. The molecule has 2 aromatic rings. The van der Waals surface area contributed by atoms with E-state index in [1.807, 2.05) is 26.0 Å². The van der Waals surface area contributed by atoms with Crippen molar-refractivity contribution >= 4 is 11.8 Å². The molecule has 1 aromatic heterocycles. The lowest BCUT2D eigenvalue weighted by Gasteiger charge is -2.15. The van der Waals surface area contributed by atoms with Crippen molar-refractivity contribution in [1.82, 2.24) is 9.97 Å². The second kappa shape index (κ2) is 8.04. The third-order valence-electron chi connectivity index (χ3n) is 3.61. The van der Waals surface area contributed by atoms with E-state index in [9.17, 15) is 13.2 Å². The summed E-state index contributed by atoms with van der Waals surface area (Å²) in [4.78, 5) is 7.70. The predicted octanol–water partition coefficient (Wildman–Crippen LogP) is 4.33. The van der Waals surface area contributed by atoms with Gasteiger partial charge in [0.05, 0.1) is 7.11 Å². The van der Waals surface area contributed by atoms with E-state index in [1.54, 1.807) is 19.2 Å². The number of nitrogens with zero attached hydrogens (tertiary/aromatic N) is 2. The highest BCUT2D eigenvalue weighted by Crippen LogP contribution is 2.30. The maximum absolute atomic E-state index is 13.1. The highest BCUT2D eigenvalue weighted by molar-refractivity contribution is 5.44. The van der Waals surface area contributed by atoms with Gasteiger partial charge in [-0.3, -0.25) is 0 Å². The molecule has 0 radical (unpaired) electrons. The fourth-order valence-electron chi connectivity index (χ4n) is 2.05. The fourth-order valence-corrected chi connectivity index (χ4v) is 2.05. The summed E-state index contributed by atoms with van der Waals surface area (Å²) in [5, 5.41) is 5.79. The largest absolute Gasteiger partial charge is 0.497 e. The van der Waals surface area contributed by atoms with Crippen molar-refractivity contribution in [2.24, 2.45) is 0 Å². The lowest BCUT2D eigenvalue weighted by Crippen LogP contribution is -2.19. The summed E-state index contributed by atoms with van der Waals surface area (Å²) in [7, 11) is 1.55. The third-order valence-corrected chi connectivity index (χ3v) is 3.61. The van der Waals surface area contributed by atoms with Crippen molar-refractivity contribution < 1.29 is 17.9 Å². The highest BCUT2D eigenvalue weighted by Gasteiger charge is 2.33. The SMILES string of the molecule is CC[C@@H](C)Nc1nc(NCc2cccc(OC)c2)cc(C(F)(F)F)n1. The van der Waals surface area contributed by atoms with Crippen molar-refractivity contribution in [3.63, 3.8) is 0 Å². The normalized spacial score (nSPS) is 12.6. The van der Waals surface area contributed by atoms with Gasteiger partial charge in [-0.2, -0.15) is 18.2 Å². The number of anilines is 2. The van der Waals surface area contributed by atoms with Crippen LogP contribution in [0.15, 0.2) is 30.3 Å². The zero-order valence-electron chi connectivity index (χ0n) is 14.3. The number of aromatic nitrogens is 2.